The lowest BCUT2D eigenvalue weighted by Gasteiger charge is -2.14. The third-order valence-electron chi connectivity index (χ3n) is 7.59. The summed E-state index contributed by atoms with van der Waals surface area (Å²) in [5.41, 5.74) is 7.72. The number of phenols is 2. The van der Waals surface area contributed by atoms with Crippen molar-refractivity contribution in [3.05, 3.63) is 110 Å². The van der Waals surface area contributed by atoms with E-state index in [0.29, 0.717) is 13.2 Å². The topological polar surface area (TPSA) is 90.5 Å². The molecule has 4 N–H and O–H groups in total. The molecular formula is C36H28N2O4. The molecular weight excluding hydrogens is 524 g/mol. The van der Waals surface area contributed by atoms with Crippen molar-refractivity contribution in [1.82, 2.24) is 9.97 Å². The van der Waals surface area contributed by atoms with Crippen LogP contribution in [0.5, 0.6) is 23.0 Å². The average Bonchev–Trinajstić information content (AvgIpc) is 3.57. The van der Waals surface area contributed by atoms with Crippen LogP contribution in [0, 0.1) is 0 Å². The van der Waals surface area contributed by atoms with Crippen LogP contribution in [0.1, 0.15) is 0 Å². The summed E-state index contributed by atoms with van der Waals surface area (Å²) in [5, 5.41) is 24.3. The Balaban J connectivity index is 1.69. The lowest BCUT2D eigenvalue weighted by atomic mass is 9.90. The molecule has 0 atom stereocenters. The fourth-order valence-electron chi connectivity index (χ4n) is 5.81. The van der Waals surface area contributed by atoms with Gasteiger partial charge in [0, 0.05) is 43.7 Å². The van der Waals surface area contributed by atoms with Crippen LogP contribution in [0.2, 0.25) is 0 Å². The number of H-pyrrole nitrogens is 2. The minimum Gasteiger partial charge on any atom is -0.508 e. The number of aromatic nitrogens is 2. The van der Waals surface area contributed by atoms with Crippen molar-refractivity contribution in [2.45, 2.75) is 0 Å². The van der Waals surface area contributed by atoms with Gasteiger partial charge >= 0.3 is 0 Å². The summed E-state index contributed by atoms with van der Waals surface area (Å²) in [6.45, 7) is 8.37. The molecule has 0 unspecified atom stereocenters. The molecule has 42 heavy (non-hydrogen) atoms. The van der Waals surface area contributed by atoms with Gasteiger partial charge < -0.3 is 29.7 Å². The molecule has 0 radical (unpaired) electrons. The van der Waals surface area contributed by atoms with Gasteiger partial charge in [0.25, 0.3) is 0 Å². The Kier molecular flexibility index (Phi) is 6.09. The third kappa shape index (κ3) is 4.12. The van der Waals surface area contributed by atoms with Gasteiger partial charge in [0.05, 0.1) is 11.0 Å². The van der Waals surface area contributed by atoms with E-state index in [1.807, 2.05) is 48.5 Å². The van der Waals surface area contributed by atoms with Gasteiger partial charge in [-0.05, 0) is 71.8 Å². The number of hydrogen-bond donors (Lipinski definition) is 4. The highest BCUT2D eigenvalue weighted by atomic mass is 16.5. The van der Waals surface area contributed by atoms with Gasteiger partial charge in [-0.3, -0.25) is 0 Å². The molecule has 0 aliphatic carbocycles. The van der Waals surface area contributed by atoms with Crippen LogP contribution in [0.4, 0.5) is 0 Å². The Morgan fingerprint density at radius 1 is 0.571 bits per heavy atom. The normalized spacial score (nSPS) is 11.4. The van der Waals surface area contributed by atoms with Crippen molar-refractivity contribution in [3.63, 3.8) is 0 Å². The van der Waals surface area contributed by atoms with E-state index in [-0.39, 0.29) is 11.5 Å². The molecule has 0 amide bonds. The van der Waals surface area contributed by atoms with Crippen molar-refractivity contribution in [1.29, 1.82) is 0 Å². The maximum absolute atomic E-state index is 10.1. The Hall–Kier alpha value is -5.62. The maximum Gasteiger partial charge on any atom is 0.120 e. The summed E-state index contributed by atoms with van der Waals surface area (Å²) in [5.74, 6) is 1.89. The van der Waals surface area contributed by atoms with Gasteiger partial charge in [-0.15, -0.1) is 0 Å². The van der Waals surface area contributed by atoms with Crippen molar-refractivity contribution in [2.75, 3.05) is 13.2 Å². The summed E-state index contributed by atoms with van der Waals surface area (Å²) in [7, 11) is 0. The lowest BCUT2D eigenvalue weighted by Crippen LogP contribution is -1.92. The van der Waals surface area contributed by atoms with E-state index in [4.69, 9.17) is 9.47 Å². The highest BCUT2D eigenvalue weighted by molar-refractivity contribution is 6.32. The monoisotopic (exact) mass is 552 g/mol. The van der Waals surface area contributed by atoms with Crippen molar-refractivity contribution < 1.29 is 19.7 Å². The summed E-state index contributed by atoms with van der Waals surface area (Å²) >= 11 is 0. The Morgan fingerprint density at radius 3 is 1.36 bits per heavy atom. The molecule has 6 heteroatoms. The van der Waals surface area contributed by atoms with Gasteiger partial charge in [0.1, 0.15) is 36.2 Å². The third-order valence-corrected chi connectivity index (χ3v) is 7.59. The highest BCUT2D eigenvalue weighted by Crippen LogP contribution is 2.49. The first-order valence-electron chi connectivity index (χ1n) is 13.7. The van der Waals surface area contributed by atoms with Gasteiger partial charge in [0.15, 0.2) is 0 Å². The van der Waals surface area contributed by atoms with Crippen LogP contribution in [0.15, 0.2) is 110 Å². The summed E-state index contributed by atoms with van der Waals surface area (Å²) < 4.78 is 11.9. The van der Waals surface area contributed by atoms with Gasteiger partial charge in [-0.1, -0.05) is 49.6 Å². The molecule has 0 fully saturated rings. The van der Waals surface area contributed by atoms with E-state index >= 15 is 0 Å². The van der Waals surface area contributed by atoms with Crippen molar-refractivity contribution >= 4 is 43.6 Å². The molecule has 0 saturated carbocycles. The molecule has 7 rings (SSSR count). The SMILES string of the molecule is C=CCOc1ccc2[nH]c3c(-c4ccc(O)cc4)c4c([nH]c5ccc(OCC=C)cc54)c(-c4ccc(O)cc4)c3c2c1. The lowest BCUT2D eigenvalue weighted by molar-refractivity contribution is 0.363. The number of aromatic hydroxyl groups is 2. The van der Waals surface area contributed by atoms with E-state index in [2.05, 4.69) is 35.3 Å². The predicted molar refractivity (Wildman–Crippen MR) is 171 cm³/mol. The predicted octanol–water partition coefficient (Wildman–Crippen LogP) is 8.83. The number of phenolic OH excluding ortho intramolecular Hbond substituents is 2. The number of nitrogens with one attached hydrogen (secondary N) is 2. The summed E-state index contributed by atoms with van der Waals surface area (Å²) in [6.07, 6.45) is 3.45. The highest BCUT2D eigenvalue weighted by Gasteiger charge is 2.24. The van der Waals surface area contributed by atoms with Crippen molar-refractivity contribution in [2.24, 2.45) is 0 Å². The Morgan fingerprint density at radius 2 is 0.976 bits per heavy atom. The van der Waals surface area contributed by atoms with Crippen LogP contribution in [-0.2, 0) is 0 Å². The van der Waals surface area contributed by atoms with E-state index in [1.54, 1.807) is 36.4 Å². The maximum atomic E-state index is 10.1. The molecule has 0 aliphatic rings. The van der Waals surface area contributed by atoms with Gasteiger partial charge in [-0.2, -0.15) is 0 Å². The van der Waals surface area contributed by atoms with Crippen molar-refractivity contribution in [3.8, 4) is 45.3 Å². The standard InChI is InChI=1S/C36H28N2O4/c1-3-17-41-25-13-15-29-27(19-25)33-31(21-5-9-23(39)10-6-21)36-34(28-20-26(42-18-4-2)14-16-30(28)38-36)32(35(33)37-29)22-7-11-24(40)12-8-22/h3-16,19-20,37-40H,1-2,17-18H2. The zero-order valence-electron chi connectivity index (χ0n) is 22.8. The van der Waals surface area contributed by atoms with E-state index in [9.17, 15) is 10.2 Å². The largest absolute Gasteiger partial charge is 0.508 e. The number of hydrogen-bond acceptors (Lipinski definition) is 4. The first-order chi connectivity index (χ1) is 20.6. The van der Waals surface area contributed by atoms with E-state index in [1.165, 1.54) is 0 Å². The fraction of sp³-hybridized carbons (Fsp3) is 0.0556. The van der Waals surface area contributed by atoms with Crippen LogP contribution in [-0.4, -0.2) is 33.4 Å². The second-order valence-corrected chi connectivity index (χ2v) is 10.2. The zero-order chi connectivity index (χ0) is 28.8. The number of fused-ring (bicyclic) bond motifs is 6. The molecule has 0 saturated heterocycles. The van der Waals surface area contributed by atoms with E-state index < -0.39 is 0 Å². The Labute approximate surface area is 241 Å². The molecule has 0 spiro atoms. The van der Waals surface area contributed by atoms with Crippen LogP contribution in [0.3, 0.4) is 0 Å². The Bertz CT molecular complexity index is 1980. The number of benzene rings is 5. The first-order valence-corrected chi connectivity index (χ1v) is 13.7. The minimum absolute atomic E-state index is 0.201. The molecule has 6 nitrogen and oxygen atoms in total. The second kappa shape index (κ2) is 10.1. The number of ether oxygens (including phenoxy) is 2. The molecule has 2 aromatic heterocycles. The zero-order valence-corrected chi connectivity index (χ0v) is 22.8. The summed E-state index contributed by atoms with van der Waals surface area (Å²) in [6, 6.07) is 26.6. The quantitative estimate of drug-likeness (QED) is 0.142. The van der Waals surface area contributed by atoms with Gasteiger partial charge in [0.2, 0.25) is 0 Å². The second-order valence-electron chi connectivity index (χ2n) is 10.2. The average molecular weight is 553 g/mol. The smallest absolute Gasteiger partial charge is 0.120 e. The number of rotatable bonds is 8. The van der Waals surface area contributed by atoms with Crippen LogP contribution >= 0.6 is 0 Å². The molecule has 0 aliphatic heterocycles. The number of aromatic amines is 2. The van der Waals surface area contributed by atoms with Gasteiger partial charge in [-0.25, -0.2) is 0 Å². The minimum atomic E-state index is 0.201. The fourth-order valence-corrected chi connectivity index (χ4v) is 5.81. The van der Waals surface area contributed by atoms with Crippen LogP contribution < -0.4 is 9.47 Å². The molecule has 206 valence electrons. The molecule has 2 heterocycles. The molecule has 7 aromatic rings. The summed E-state index contributed by atoms with van der Waals surface area (Å²) in [4.78, 5) is 7.43. The van der Waals surface area contributed by atoms with E-state index in [0.717, 1.165) is 77.4 Å². The first kappa shape index (κ1) is 25.4. The molecule has 5 aromatic carbocycles. The van der Waals surface area contributed by atoms with Crippen LogP contribution in [0.25, 0.3) is 65.9 Å². The molecule has 0 bridgehead atoms.